The Kier molecular flexibility index (Phi) is 3.92. The maximum absolute atomic E-state index is 11.4. The standard InChI is InChI=1S/C16H21N3O2/c17-12(7-5-10-3-1-2-4-10)11-6-8-13-14(9-11)19-16(21)15(20)18-13/h6,8-10,12H,1-5,7,17H2,(H,18,20)(H,19,21). The van der Waals surface area contributed by atoms with Crippen molar-refractivity contribution in [3.05, 3.63) is 44.5 Å². The minimum Gasteiger partial charge on any atom is -0.324 e. The molecule has 1 aliphatic rings. The van der Waals surface area contributed by atoms with Gasteiger partial charge in [0.1, 0.15) is 0 Å². The average molecular weight is 287 g/mol. The first kappa shape index (κ1) is 14.1. The van der Waals surface area contributed by atoms with E-state index in [0.717, 1.165) is 17.9 Å². The van der Waals surface area contributed by atoms with Gasteiger partial charge in [-0.1, -0.05) is 31.7 Å². The third-order valence-electron chi connectivity index (χ3n) is 4.54. The molecule has 1 saturated carbocycles. The van der Waals surface area contributed by atoms with Crippen LogP contribution in [-0.4, -0.2) is 9.97 Å². The molecule has 1 unspecified atom stereocenters. The number of aromatic nitrogens is 2. The van der Waals surface area contributed by atoms with Crippen LogP contribution in [0.4, 0.5) is 0 Å². The van der Waals surface area contributed by atoms with Crippen LogP contribution in [0.25, 0.3) is 11.0 Å². The lowest BCUT2D eigenvalue weighted by atomic mass is 9.95. The van der Waals surface area contributed by atoms with Gasteiger partial charge in [0.15, 0.2) is 0 Å². The fourth-order valence-corrected chi connectivity index (χ4v) is 3.24. The fraction of sp³-hybridized carbons (Fsp3) is 0.500. The highest BCUT2D eigenvalue weighted by molar-refractivity contribution is 5.74. The summed E-state index contributed by atoms with van der Waals surface area (Å²) in [5.41, 5.74) is 7.28. The minimum absolute atomic E-state index is 0.0227. The number of nitrogens with two attached hydrogens (primary N) is 1. The molecule has 0 saturated heterocycles. The number of hydrogen-bond donors (Lipinski definition) is 3. The van der Waals surface area contributed by atoms with Crippen molar-refractivity contribution in [2.75, 3.05) is 0 Å². The van der Waals surface area contributed by atoms with Crippen LogP contribution in [-0.2, 0) is 0 Å². The van der Waals surface area contributed by atoms with Gasteiger partial charge < -0.3 is 15.7 Å². The Labute approximate surface area is 122 Å². The molecule has 1 aromatic carbocycles. The van der Waals surface area contributed by atoms with Gasteiger partial charge in [-0.15, -0.1) is 0 Å². The zero-order chi connectivity index (χ0) is 14.8. The number of hydrogen-bond acceptors (Lipinski definition) is 3. The van der Waals surface area contributed by atoms with E-state index in [1.807, 2.05) is 12.1 Å². The summed E-state index contributed by atoms with van der Waals surface area (Å²) in [6.07, 6.45) is 7.50. The summed E-state index contributed by atoms with van der Waals surface area (Å²) in [6.45, 7) is 0. The van der Waals surface area contributed by atoms with E-state index in [0.29, 0.717) is 11.0 Å². The molecule has 5 nitrogen and oxygen atoms in total. The first-order valence-electron chi connectivity index (χ1n) is 7.65. The first-order valence-corrected chi connectivity index (χ1v) is 7.65. The lowest BCUT2D eigenvalue weighted by Gasteiger charge is -2.15. The third kappa shape index (κ3) is 3.08. The van der Waals surface area contributed by atoms with Crippen molar-refractivity contribution >= 4 is 11.0 Å². The first-order chi connectivity index (χ1) is 10.1. The molecule has 1 heterocycles. The molecule has 0 bridgehead atoms. The van der Waals surface area contributed by atoms with Gasteiger partial charge in [0.2, 0.25) is 0 Å². The molecular weight excluding hydrogens is 266 g/mol. The molecule has 0 aliphatic heterocycles. The number of H-pyrrole nitrogens is 2. The summed E-state index contributed by atoms with van der Waals surface area (Å²) >= 11 is 0. The quantitative estimate of drug-likeness (QED) is 0.753. The second-order valence-corrected chi connectivity index (χ2v) is 6.05. The Morgan fingerprint density at radius 3 is 2.48 bits per heavy atom. The number of rotatable bonds is 4. The van der Waals surface area contributed by atoms with Crippen LogP contribution in [0.15, 0.2) is 27.8 Å². The summed E-state index contributed by atoms with van der Waals surface area (Å²) in [5.74, 6) is 0.827. The monoisotopic (exact) mass is 287 g/mol. The zero-order valence-electron chi connectivity index (χ0n) is 12.0. The molecule has 1 aliphatic carbocycles. The predicted molar refractivity (Wildman–Crippen MR) is 83.3 cm³/mol. The van der Waals surface area contributed by atoms with Crippen LogP contribution in [0, 0.1) is 5.92 Å². The van der Waals surface area contributed by atoms with Crippen molar-refractivity contribution in [2.24, 2.45) is 11.7 Å². The largest absolute Gasteiger partial charge is 0.324 e. The average Bonchev–Trinajstić information content (AvgIpc) is 2.99. The summed E-state index contributed by atoms with van der Waals surface area (Å²) in [6, 6.07) is 5.57. The van der Waals surface area contributed by atoms with Crippen LogP contribution in [0.5, 0.6) is 0 Å². The number of aromatic amines is 2. The van der Waals surface area contributed by atoms with Crippen molar-refractivity contribution in [3.8, 4) is 0 Å². The number of fused-ring (bicyclic) bond motifs is 1. The van der Waals surface area contributed by atoms with Crippen molar-refractivity contribution in [1.82, 2.24) is 9.97 Å². The minimum atomic E-state index is -0.626. The van der Waals surface area contributed by atoms with Gasteiger partial charge in [-0.3, -0.25) is 9.59 Å². The molecular formula is C16H21N3O2. The molecule has 0 radical (unpaired) electrons. The fourth-order valence-electron chi connectivity index (χ4n) is 3.24. The molecule has 1 aromatic heterocycles. The number of benzene rings is 1. The van der Waals surface area contributed by atoms with E-state index in [4.69, 9.17) is 5.73 Å². The second kappa shape index (κ2) is 5.85. The molecule has 0 spiro atoms. The Morgan fingerprint density at radius 2 is 1.76 bits per heavy atom. The molecule has 3 rings (SSSR count). The second-order valence-electron chi connectivity index (χ2n) is 6.05. The predicted octanol–water partition coefficient (Wildman–Crippen LogP) is 2.19. The topological polar surface area (TPSA) is 91.7 Å². The van der Waals surface area contributed by atoms with Gasteiger partial charge in [-0.2, -0.15) is 0 Å². The lowest BCUT2D eigenvalue weighted by Crippen LogP contribution is -2.29. The van der Waals surface area contributed by atoms with E-state index in [2.05, 4.69) is 9.97 Å². The van der Waals surface area contributed by atoms with Crippen molar-refractivity contribution in [1.29, 1.82) is 0 Å². The molecule has 4 N–H and O–H groups in total. The van der Waals surface area contributed by atoms with Gasteiger partial charge in [-0.05, 0) is 36.5 Å². The van der Waals surface area contributed by atoms with Gasteiger partial charge in [0.05, 0.1) is 11.0 Å². The van der Waals surface area contributed by atoms with Crippen molar-refractivity contribution < 1.29 is 0 Å². The van der Waals surface area contributed by atoms with E-state index in [-0.39, 0.29) is 6.04 Å². The molecule has 1 atom stereocenters. The molecule has 112 valence electrons. The molecule has 2 aromatic rings. The smallest absolute Gasteiger partial charge is 0.314 e. The Bertz CT molecular complexity index is 741. The van der Waals surface area contributed by atoms with Crippen LogP contribution in [0.2, 0.25) is 0 Å². The van der Waals surface area contributed by atoms with E-state index in [9.17, 15) is 9.59 Å². The maximum atomic E-state index is 11.4. The third-order valence-corrected chi connectivity index (χ3v) is 4.54. The molecule has 21 heavy (non-hydrogen) atoms. The molecule has 5 heteroatoms. The normalized spacial score (nSPS) is 17.4. The maximum Gasteiger partial charge on any atom is 0.314 e. The van der Waals surface area contributed by atoms with Gasteiger partial charge in [0, 0.05) is 6.04 Å². The Hall–Kier alpha value is -1.88. The van der Waals surface area contributed by atoms with E-state index < -0.39 is 11.1 Å². The van der Waals surface area contributed by atoms with Crippen LogP contribution < -0.4 is 16.9 Å². The molecule has 0 amide bonds. The highest BCUT2D eigenvalue weighted by atomic mass is 16.2. The Morgan fingerprint density at radius 1 is 1.10 bits per heavy atom. The summed E-state index contributed by atoms with van der Waals surface area (Å²) < 4.78 is 0. The van der Waals surface area contributed by atoms with Gasteiger partial charge >= 0.3 is 11.1 Å². The zero-order valence-corrected chi connectivity index (χ0v) is 12.0. The summed E-state index contributed by atoms with van der Waals surface area (Å²) in [7, 11) is 0. The highest BCUT2D eigenvalue weighted by Crippen LogP contribution is 2.31. The summed E-state index contributed by atoms with van der Waals surface area (Å²) in [5, 5.41) is 0. The highest BCUT2D eigenvalue weighted by Gasteiger charge is 2.16. The van der Waals surface area contributed by atoms with Gasteiger partial charge in [-0.25, -0.2) is 0 Å². The Balaban J connectivity index is 1.77. The van der Waals surface area contributed by atoms with Gasteiger partial charge in [0.25, 0.3) is 0 Å². The van der Waals surface area contributed by atoms with Crippen molar-refractivity contribution in [3.63, 3.8) is 0 Å². The van der Waals surface area contributed by atoms with E-state index >= 15 is 0 Å². The van der Waals surface area contributed by atoms with Crippen molar-refractivity contribution in [2.45, 2.75) is 44.6 Å². The van der Waals surface area contributed by atoms with E-state index in [1.54, 1.807) is 6.07 Å². The molecule has 1 fully saturated rings. The van der Waals surface area contributed by atoms with Crippen LogP contribution in [0.1, 0.15) is 50.1 Å². The van der Waals surface area contributed by atoms with E-state index in [1.165, 1.54) is 32.1 Å². The summed E-state index contributed by atoms with van der Waals surface area (Å²) in [4.78, 5) is 27.8. The van der Waals surface area contributed by atoms with Crippen LogP contribution >= 0.6 is 0 Å². The SMILES string of the molecule is NC(CCC1CCCC1)c1ccc2[nH]c(=O)c(=O)[nH]c2c1. The number of nitrogens with one attached hydrogen (secondary N) is 2. The lowest BCUT2D eigenvalue weighted by molar-refractivity contribution is 0.454. The van der Waals surface area contributed by atoms with Crippen LogP contribution in [0.3, 0.4) is 0 Å².